The first kappa shape index (κ1) is 15.7. The molecule has 0 saturated carbocycles. The minimum absolute atomic E-state index is 0.775. The van der Waals surface area contributed by atoms with Crippen LogP contribution in [0.1, 0.15) is 6.92 Å². The summed E-state index contributed by atoms with van der Waals surface area (Å²) in [4.78, 5) is 2.16. The maximum atomic E-state index is 5.87. The van der Waals surface area contributed by atoms with Crippen molar-refractivity contribution in [3.8, 4) is 11.5 Å². The molecule has 0 radical (unpaired) electrons. The molecule has 0 heterocycles. The van der Waals surface area contributed by atoms with Gasteiger partial charge in [-0.2, -0.15) is 0 Å². The molecular weight excluding hydrogens is 272 g/mol. The van der Waals surface area contributed by atoms with Crippen LogP contribution in [-0.4, -0.2) is 13.6 Å². The van der Waals surface area contributed by atoms with Crippen LogP contribution in [0, 0.1) is 0 Å². The van der Waals surface area contributed by atoms with E-state index >= 15 is 0 Å². The molecule has 0 aliphatic carbocycles. The number of benzene rings is 2. The molecule has 2 aromatic carbocycles. The number of hydrogen-bond donors (Lipinski definition) is 1. The fourth-order valence-electron chi connectivity index (χ4n) is 2.11. The van der Waals surface area contributed by atoms with Gasteiger partial charge in [-0.05, 0) is 37.4 Å². The molecule has 0 fully saturated rings. The summed E-state index contributed by atoms with van der Waals surface area (Å²) < 4.78 is 5.87. The summed E-state index contributed by atoms with van der Waals surface area (Å²) in [5.74, 6) is 1.67. The van der Waals surface area contributed by atoms with E-state index in [2.05, 4.69) is 29.9 Å². The van der Waals surface area contributed by atoms with Crippen LogP contribution in [0.25, 0.3) is 0 Å². The van der Waals surface area contributed by atoms with E-state index in [1.807, 2.05) is 61.5 Å². The quantitative estimate of drug-likeness (QED) is 0.810. The highest BCUT2D eigenvalue weighted by Gasteiger charge is 2.05. The maximum absolute atomic E-state index is 5.87. The lowest BCUT2D eigenvalue weighted by Gasteiger charge is -2.21. The fraction of sp³-hybridized carbons (Fsp3) is 0.158. The third kappa shape index (κ3) is 4.42. The summed E-state index contributed by atoms with van der Waals surface area (Å²) in [6, 6.07) is 17.9. The Kier molecular flexibility index (Phi) is 5.66. The molecule has 0 unspecified atom stereocenters. The number of para-hydroxylation sites is 1. The minimum Gasteiger partial charge on any atom is -0.457 e. The number of likely N-dealkylation sites (N-methyl/N-ethyl adjacent to an activating group) is 1. The number of hydrogen-bond acceptors (Lipinski definition) is 3. The first-order valence-electron chi connectivity index (χ1n) is 7.29. The lowest BCUT2D eigenvalue weighted by molar-refractivity contribution is 0.482. The van der Waals surface area contributed by atoms with Crippen molar-refractivity contribution >= 4 is 5.69 Å². The molecule has 1 N–H and O–H groups in total. The summed E-state index contributed by atoms with van der Waals surface area (Å²) in [7, 11) is 2.05. The minimum atomic E-state index is 0.775. The summed E-state index contributed by atoms with van der Waals surface area (Å²) >= 11 is 0. The van der Waals surface area contributed by atoms with Crippen LogP contribution in [0.15, 0.2) is 79.1 Å². The second-order valence-electron chi connectivity index (χ2n) is 4.93. The van der Waals surface area contributed by atoms with Gasteiger partial charge >= 0.3 is 0 Å². The third-order valence-corrected chi connectivity index (χ3v) is 3.28. The summed E-state index contributed by atoms with van der Waals surface area (Å²) in [5.41, 5.74) is 2.20. The van der Waals surface area contributed by atoms with Crippen molar-refractivity contribution in [2.24, 2.45) is 0 Å². The van der Waals surface area contributed by atoms with Crippen LogP contribution in [0.5, 0.6) is 11.5 Å². The molecule has 0 aliphatic rings. The number of ether oxygens (including phenoxy) is 1. The van der Waals surface area contributed by atoms with Crippen molar-refractivity contribution in [2.45, 2.75) is 6.92 Å². The molecule has 0 aromatic heterocycles. The number of nitrogens with zero attached hydrogens (tertiary/aromatic N) is 1. The zero-order valence-corrected chi connectivity index (χ0v) is 13.1. The number of allylic oxidation sites excluding steroid dienone is 1. The topological polar surface area (TPSA) is 24.5 Å². The number of rotatable bonds is 7. The maximum Gasteiger partial charge on any atom is 0.129 e. The van der Waals surface area contributed by atoms with E-state index in [4.69, 9.17) is 4.74 Å². The smallest absolute Gasteiger partial charge is 0.129 e. The lowest BCUT2D eigenvalue weighted by atomic mass is 10.2. The largest absolute Gasteiger partial charge is 0.457 e. The molecule has 3 nitrogen and oxygen atoms in total. The van der Waals surface area contributed by atoms with Gasteiger partial charge in [-0.3, -0.25) is 0 Å². The standard InChI is InChI=1S/C19H22N2O/c1-4-16(20-5-2)15-21(3)17-10-9-13-19(14-17)22-18-11-7-6-8-12-18/h4-14,20H,2,15H2,1,3H3/b16-4-. The van der Waals surface area contributed by atoms with Gasteiger partial charge in [-0.1, -0.05) is 36.9 Å². The van der Waals surface area contributed by atoms with E-state index in [9.17, 15) is 0 Å². The summed E-state index contributed by atoms with van der Waals surface area (Å²) in [5, 5.41) is 3.14. The van der Waals surface area contributed by atoms with Crippen LogP contribution >= 0.6 is 0 Å². The predicted molar refractivity (Wildman–Crippen MR) is 93.3 cm³/mol. The monoisotopic (exact) mass is 294 g/mol. The second kappa shape index (κ2) is 7.93. The molecule has 0 atom stereocenters. The Morgan fingerprint density at radius 1 is 1.14 bits per heavy atom. The van der Waals surface area contributed by atoms with E-state index in [1.54, 1.807) is 6.20 Å². The molecule has 114 valence electrons. The summed E-state index contributed by atoms with van der Waals surface area (Å²) in [6.07, 6.45) is 3.74. The van der Waals surface area contributed by atoms with E-state index in [-0.39, 0.29) is 0 Å². The lowest BCUT2D eigenvalue weighted by Crippen LogP contribution is -2.24. The Labute approximate surface area is 132 Å². The van der Waals surface area contributed by atoms with Gasteiger partial charge in [0.05, 0.1) is 6.54 Å². The predicted octanol–water partition coefficient (Wildman–Crippen LogP) is 4.55. The van der Waals surface area contributed by atoms with Gasteiger partial charge < -0.3 is 15.0 Å². The van der Waals surface area contributed by atoms with E-state index in [1.165, 1.54) is 0 Å². The molecule has 22 heavy (non-hydrogen) atoms. The number of anilines is 1. The molecule has 0 aliphatic heterocycles. The first-order chi connectivity index (χ1) is 10.7. The van der Waals surface area contributed by atoms with Crippen molar-refractivity contribution in [1.29, 1.82) is 0 Å². The van der Waals surface area contributed by atoms with Gasteiger partial charge in [0.2, 0.25) is 0 Å². The van der Waals surface area contributed by atoms with Crippen molar-refractivity contribution < 1.29 is 4.74 Å². The highest BCUT2D eigenvalue weighted by Crippen LogP contribution is 2.25. The van der Waals surface area contributed by atoms with Crippen molar-refractivity contribution in [2.75, 3.05) is 18.5 Å². The van der Waals surface area contributed by atoms with Crippen molar-refractivity contribution in [1.82, 2.24) is 5.32 Å². The molecule has 3 heteroatoms. The normalized spacial score (nSPS) is 10.9. The Morgan fingerprint density at radius 2 is 1.86 bits per heavy atom. The average Bonchev–Trinajstić information content (AvgIpc) is 2.55. The van der Waals surface area contributed by atoms with Gasteiger partial charge in [0.1, 0.15) is 11.5 Å². The SMILES string of the molecule is C=CN/C(=C\C)CN(C)c1cccc(Oc2ccccc2)c1. The second-order valence-corrected chi connectivity index (χ2v) is 4.93. The fourth-order valence-corrected chi connectivity index (χ4v) is 2.11. The van der Waals surface area contributed by atoms with E-state index < -0.39 is 0 Å². The van der Waals surface area contributed by atoms with Crippen LogP contribution in [0.4, 0.5) is 5.69 Å². The number of nitrogens with one attached hydrogen (secondary N) is 1. The van der Waals surface area contributed by atoms with Crippen LogP contribution < -0.4 is 15.0 Å². The van der Waals surface area contributed by atoms with Gasteiger partial charge in [0.15, 0.2) is 0 Å². The molecule has 0 amide bonds. The molecular formula is C19H22N2O. The van der Waals surface area contributed by atoms with Crippen LogP contribution in [0.2, 0.25) is 0 Å². The first-order valence-corrected chi connectivity index (χ1v) is 7.29. The van der Waals surface area contributed by atoms with Gasteiger partial charge in [0.25, 0.3) is 0 Å². The molecule has 2 aromatic rings. The molecule has 0 spiro atoms. The Hall–Kier alpha value is -2.68. The van der Waals surface area contributed by atoms with Crippen LogP contribution in [0.3, 0.4) is 0 Å². The van der Waals surface area contributed by atoms with E-state index in [0.717, 1.165) is 29.4 Å². The van der Waals surface area contributed by atoms with Gasteiger partial charge in [-0.15, -0.1) is 0 Å². The Bertz CT molecular complexity index is 635. The molecule has 0 saturated heterocycles. The molecule has 0 bridgehead atoms. The third-order valence-electron chi connectivity index (χ3n) is 3.28. The average molecular weight is 294 g/mol. The zero-order chi connectivity index (χ0) is 15.8. The van der Waals surface area contributed by atoms with Gasteiger partial charge in [-0.25, -0.2) is 0 Å². The molecule has 2 rings (SSSR count). The summed E-state index contributed by atoms with van der Waals surface area (Å²) in [6.45, 7) is 6.48. The highest BCUT2D eigenvalue weighted by molar-refractivity contribution is 5.51. The highest BCUT2D eigenvalue weighted by atomic mass is 16.5. The Balaban J connectivity index is 2.09. The Morgan fingerprint density at radius 3 is 2.55 bits per heavy atom. The van der Waals surface area contributed by atoms with E-state index in [0.29, 0.717) is 0 Å². The van der Waals surface area contributed by atoms with Crippen LogP contribution in [-0.2, 0) is 0 Å². The van der Waals surface area contributed by atoms with Gasteiger partial charge in [0, 0.05) is 24.5 Å². The van der Waals surface area contributed by atoms with Crippen molar-refractivity contribution in [3.63, 3.8) is 0 Å². The zero-order valence-electron chi connectivity index (χ0n) is 13.1. The van der Waals surface area contributed by atoms with Crippen molar-refractivity contribution in [3.05, 3.63) is 79.1 Å².